The summed E-state index contributed by atoms with van der Waals surface area (Å²) >= 11 is 0. The first-order valence-corrected chi connectivity index (χ1v) is 3.74. The first-order valence-electron chi connectivity index (χ1n) is 3.74. The lowest BCUT2D eigenvalue weighted by Gasteiger charge is -2.06. The number of para-hydroxylation sites is 1. The van der Waals surface area contributed by atoms with Crippen LogP contribution in [-0.2, 0) is 6.61 Å². The molecule has 0 saturated heterocycles. The van der Waals surface area contributed by atoms with Gasteiger partial charge >= 0.3 is 0 Å². The molecule has 0 heterocycles. The third kappa shape index (κ3) is 2.01. The van der Waals surface area contributed by atoms with Crippen LogP contribution in [0.5, 0.6) is 0 Å². The first kappa shape index (κ1) is 8.63. The average molecular weight is 161 g/mol. The number of hydrogen-bond donors (Lipinski definition) is 2. The summed E-state index contributed by atoms with van der Waals surface area (Å²) in [5.41, 5.74) is 1.77. The van der Waals surface area contributed by atoms with Gasteiger partial charge in [0.05, 0.1) is 13.2 Å². The lowest BCUT2D eigenvalue weighted by molar-refractivity contribution is 0.282. The Morgan fingerprint density at radius 2 is 2.17 bits per heavy atom. The molecule has 2 heteroatoms. The van der Waals surface area contributed by atoms with E-state index in [1.165, 1.54) is 0 Å². The Balaban J connectivity index is 2.76. The Morgan fingerprint density at radius 1 is 1.42 bits per heavy atom. The number of hydrogen-bond acceptors (Lipinski definition) is 2. The fourth-order valence-electron chi connectivity index (χ4n) is 0.977. The van der Waals surface area contributed by atoms with Crippen LogP contribution < -0.4 is 5.32 Å². The molecule has 0 aliphatic heterocycles. The highest BCUT2D eigenvalue weighted by Crippen LogP contribution is 2.13. The molecule has 0 aliphatic carbocycles. The van der Waals surface area contributed by atoms with Gasteiger partial charge in [0.25, 0.3) is 0 Å². The smallest absolute Gasteiger partial charge is 0.0763 e. The summed E-state index contributed by atoms with van der Waals surface area (Å²) in [4.78, 5) is 0. The summed E-state index contributed by atoms with van der Waals surface area (Å²) in [6, 6.07) is 7.53. The highest BCUT2D eigenvalue weighted by atomic mass is 16.3. The molecule has 0 saturated carbocycles. The number of nitrogens with one attached hydrogen (secondary N) is 1. The van der Waals surface area contributed by atoms with Crippen molar-refractivity contribution in [1.82, 2.24) is 0 Å². The van der Waals surface area contributed by atoms with Gasteiger partial charge in [-0.2, -0.15) is 0 Å². The van der Waals surface area contributed by atoms with Crippen molar-refractivity contribution in [3.05, 3.63) is 29.8 Å². The van der Waals surface area contributed by atoms with E-state index in [1.807, 2.05) is 24.3 Å². The van der Waals surface area contributed by atoms with Gasteiger partial charge in [-0.1, -0.05) is 24.1 Å². The van der Waals surface area contributed by atoms with Crippen LogP contribution in [0.1, 0.15) is 5.56 Å². The molecule has 0 bridgehead atoms. The second-order valence-corrected chi connectivity index (χ2v) is 2.37. The maximum Gasteiger partial charge on any atom is 0.0763 e. The quantitative estimate of drug-likeness (QED) is 0.653. The number of aliphatic hydroxyl groups excluding tert-OH is 1. The Morgan fingerprint density at radius 3 is 2.83 bits per heavy atom. The summed E-state index contributed by atoms with van der Waals surface area (Å²) in [5.74, 6) is 2.47. The molecule has 1 aromatic carbocycles. The van der Waals surface area contributed by atoms with Crippen molar-refractivity contribution in [3.63, 3.8) is 0 Å². The Bertz CT molecular complexity index is 288. The summed E-state index contributed by atoms with van der Waals surface area (Å²) in [6.45, 7) is 0.519. The van der Waals surface area contributed by atoms with Crippen molar-refractivity contribution in [2.45, 2.75) is 6.61 Å². The van der Waals surface area contributed by atoms with Gasteiger partial charge < -0.3 is 10.4 Å². The van der Waals surface area contributed by atoms with Crippen molar-refractivity contribution in [1.29, 1.82) is 0 Å². The molecule has 0 unspecified atom stereocenters. The number of benzene rings is 1. The summed E-state index contributed by atoms with van der Waals surface area (Å²) in [7, 11) is 0. The van der Waals surface area contributed by atoms with Crippen LogP contribution in [0, 0.1) is 12.3 Å². The molecule has 0 spiro atoms. The standard InChI is InChI=1S/C10H11NO/c1-2-7-11-10-6-4-3-5-9(10)8-12/h1,3-6,11-12H,7-8H2. The van der Waals surface area contributed by atoms with Gasteiger partial charge in [0, 0.05) is 11.3 Å². The van der Waals surface area contributed by atoms with E-state index in [1.54, 1.807) is 0 Å². The zero-order valence-corrected chi connectivity index (χ0v) is 6.75. The molecule has 0 amide bonds. The van der Waals surface area contributed by atoms with E-state index in [0.29, 0.717) is 6.54 Å². The number of anilines is 1. The van der Waals surface area contributed by atoms with Crippen LogP contribution in [0.15, 0.2) is 24.3 Å². The number of rotatable bonds is 3. The Hall–Kier alpha value is -1.46. The van der Waals surface area contributed by atoms with Crippen molar-refractivity contribution in [2.24, 2.45) is 0 Å². The van der Waals surface area contributed by atoms with E-state index in [4.69, 9.17) is 11.5 Å². The first-order chi connectivity index (χ1) is 5.88. The zero-order chi connectivity index (χ0) is 8.81. The molecule has 12 heavy (non-hydrogen) atoms. The van der Waals surface area contributed by atoms with Gasteiger partial charge in [-0.25, -0.2) is 0 Å². The van der Waals surface area contributed by atoms with Crippen LogP contribution in [0.3, 0.4) is 0 Å². The van der Waals surface area contributed by atoms with Crippen LogP contribution in [-0.4, -0.2) is 11.7 Å². The maximum atomic E-state index is 8.93. The van der Waals surface area contributed by atoms with Gasteiger partial charge in [-0.3, -0.25) is 0 Å². The molecule has 0 radical (unpaired) electrons. The minimum atomic E-state index is 0.0355. The van der Waals surface area contributed by atoms with Crippen LogP contribution >= 0.6 is 0 Å². The molecule has 1 rings (SSSR count). The number of aliphatic hydroxyl groups is 1. The highest BCUT2D eigenvalue weighted by molar-refractivity contribution is 5.51. The van der Waals surface area contributed by atoms with Crippen molar-refractivity contribution < 1.29 is 5.11 Å². The Kier molecular flexibility index (Phi) is 3.18. The largest absolute Gasteiger partial charge is 0.392 e. The predicted octanol–water partition coefficient (Wildman–Crippen LogP) is 1.22. The van der Waals surface area contributed by atoms with E-state index >= 15 is 0 Å². The fourth-order valence-corrected chi connectivity index (χ4v) is 0.977. The second-order valence-electron chi connectivity index (χ2n) is 2.37. The van der Waals surface area contributed by atoms with Gasteiger partial charge in [0.2, 0.25) is 0 Å². The average Bonchev–Trinajstić information content (AvgIpc) is 2.15. The van der Waals surface area contributed by atoms with Crippen LogP contribution in [0.25, 0.3) is 0 Å². The summed E-state index contributed by atoms with van der Waals surface area (Å²) < 4.78 is 0. The third-order valence-electron chi connectivity index (χ3n) is 1.57. The van der Waals surface area contributed by atoms with Gasteiger partial charge in [0.1, 0.15) is 0 Å². The second kappa shape index (κ2) is 4.42. The van der Waals surface area contributed by atoms with Crippen molar-refractivity contribution in [3.8, 4) is 12.3 Å². The minimum Gasteiger partial charge on any atom is -0.392 e. The lowest BCUT2D eigenvalue weighted by Crippen LogP contribution is -2.01. The molecule has 2 nitrogen and oxygen atoms in total. The SMILES string of the molecule is C#CCNc1ccccc1CO. The predicted molar refractivity (Wildman–Crippen MR) is 49.7 cm³/mol. The van der Waals surface area contributed by atoms with E-state index in [2.05, 4.69) is 11.2 Å². The molecular weight excluding hydrogens is 150 g/mol. The number of terminal acetylenes is 1. The molecular formula is C10H11NO. The van der Waals surface area contributed by atoms with Gasteiger partial charge in [-0.15, -0.1) is 6.42 Å². The third-order valence-corrected chi connectivity index (χ3v) is 1.57. The molecule has 62 valence electrons. The van der Waals surface area contributed by atoms with Gasteiger partial charge in [0.15, 0.2) is 0 Å². The molecule has 2 N–H and O–H groups in total. The zero-order valence-electron chi connectivity index (χ0n) is 6.75. The van der Waals surface area contributed by atoms with Crippen LogP contribution in [0.4, 0.5) is 5.69 Å². The lowest BCUT2D eigenvalue weighted by atomic mass is 10.2. The molecule has 0 aromatic heterocycles. The summed E-state index contributed by atoms with van der Waals surface area (Å²) in [6.07, 6.45) is 5.09. The van der Waals surface area contributed by atoms with Crippen molar-refractivity contribution >= 4 is 5.69 Å². The fraction of sp³-hybridized carbons (Fsp3) is 0.200. The molecule has 0 atom stereocenters. The topological polar surface area (TPSA) is 32.3 Å². The summed E-state index contributed by atoms with van der Waals surface area (Å²) in [5, 5.41) is 11.9. The van der Waals surface area contributed by atoms with E-state index in [0.717, 1.165) is 11.3 Å². The van der Waals surface area contributed by atoms with E-state index in [-0.39, 0.29) is 6.61 Å². The maximum absolute atomic E-state index is 8.93. The van der Waals surface area contributed by atoms with Gasteiger partial charge in [-0.05, 0) is 6.07 Å². The van der Waals surface area contributed by atoms with E-state index in [9.17, 15) is 0 Å². The normalized spacial score (nSPS) is 9.00. The molecule has 0 aliphatic rings. The minimum absolute atomic E-state index is 0.0355. The molecule has 1 aromatic rings. The van der Waals surface area contributed by atoms with Crippen LogP contribution in [0.2, 0.25) is 0 Å². The van der Waals surface area contributed by atoms with Crippen molar-refractivity contribution in [2.75, 3.05) is 11.9 Å². The Labute approximate surface area is 72.2 Å². The van der Waals surface area contributed by atoms with E-state index < -0.39 is 0 Å². The molecule has 0 fully saturated rings. The monoisotopic (exact) mass is 161 g/mol. The highest BCUT2D eigenvalue weighted by Gasteiger charge is 1.96.